The minimum Gasteiger partial charge on any atom is -0.480 e. The van der Waals surface area contributed by atoms with E-state index in [-0.39, 0.29) is 18.4 Å². The van der Waals surface area contributed by atoms with E-state index >= 15 is 0 Å². The third kappa shape index (κ3) is 5.55. The summed E-state index contributed by atoms with van der Waals surface area (Å²) in [6.07, 6.45) is -3.36. The first-order valence-corrected chi connectivity index (χ1v) is 8.24. The van der Waals surface area contributed by atoms with Crippen LogP contribution in [0.5, 0.6) is 0 Å². The van der Waals surface area contributed by atoms with Gasteiger partial charge in [0.1, 0.15) is 10.6 Å². The molecule has 0 saturated heterocycles. The first kappa shape index (κ1) is 19.9. The lowest BCUT2D eigenvalue weighted by Gasteiger charge is -2.15. The fourth-order valence-corrected chi connectivity index (χ4v) is 2.69. The van der Waals surface area contributed by atoms with Crippen molar-refractivity contribution in [1.82, 2.24) is 10.3 Å². The standard InChI is InChI=1S/C17H14BrF3N2O3/c18-15-11(4-2-6-22-15)9-13(16(25)26)23-14(24)8-10-3-1-5-12(7-10)17(19,20)21/h1-7,13H,8-9H2,(H,23,24)(H,25,26)/t13-/m1/s1. The fraction of sp³-hybridized carbons (Fsp3) is 0.235. The SMILES string of the molecule is O=C(Cc1cccc(C(F)(F)F)c1)N[C@H](Cc1cccnc1Br)C(=O)O. The van der Waals surface area contributed by atoms with E-state index in [9.17, 15) is 27.9 Å². The Morgan fingerprint density at radius 1 is 1.23 bits per heavy atom. The van der Waals surface area contributed by atoms with Crippen LogP contribution in [-0.2, 0) is 28.6 Å². The van der Waals surface area contributed by atoms with Gasteiger partial charge in [-0.2, -0.15) is 13.2 Å². The zero-order valence-corrected chi connectivity index (χ0v) is 14.8. The van der Waals surface area contributed by atoms with Crippen molar-refractivity contribution in [3.8, 4) is 0 Å². The van der Waals surface area contributed by atoms with Crippen molar-refractivity contribution in [2.45, 2.75) is 25.1 Å². The molecule has 1 atom stereocenters. The number of carboxylic acids is 1. The van der Waals surface area contributed by atoms with Crippen molar-refractivity contribution >= 4 is 27.8 Å². The number of aromatic nitrogens is 1. The molecule has 1 heterocycles. The van der Waals surface area contributed by atoms with Crippen LogP contribution < -0.4 is 5.32 Å². The molecular weight excluding hydrogens is 417 g/mol. The third-order valence-electron chi connectivity index (χ3n) is 3.51. The van der Waals surface area contributed by atoms with Crippen LogP contribution in [-0.4, -0.2) is 28.0 Å². The Morgan fingerprint density at radius 3 is 2.58 bits per heavy atom. The molecule has 26 heavy (non-hydrogen) atoms. The lowest BCUT2D eigenvalue weighted by atomic mass is 10.1. The van der Waals surface area contributed by atoms with E-state index in [0.717, 1.165) is 12.1 Å². The zero-order valence-electron chi connectivity index (χ0n) is 13.3. The maximum absolute atomic E-state index is 12.7. The number of carboxylic acid groups (broad SMARTS) is 1. The number of nitrogens with one attached hydrogen (secondary N) is 1. The number of nitrogens with zero attached hydrogens (tertiary/aromatic N) is 1. The molecule has 2 N–H and O–H groups in total. The minimum atomic E-state index is -4.51. The summed E-state index contributed by atoms with van der Waals surface area (Å²) in [5.41, 5.74) is -0.139. The summed E-state index contributed by atoms with van der Waals surface area (Å²) in [4.78, 5) is 27.4. The molecule has 2 rings (SSSR count). The van der Waals surface area contributed by atoms with Gasteiger partial charge in [0.15, 0.2) is 0 Å². The van der Waals surface area contributed by atoms with Crippen LogP contribution in [0.3, 0.4) is 0 Å². The number of pyridine rings is 1. The van der Waals surface area contributed by atoms with Gasteiger partial charge in [-0.1, -0.05) is 24.3 Å². The van der Waals surface area contributed by atoms with Crippen LogP contribution in [0.1, 0.15) is 16.7 Å². The predicted molar refractivity (Wildman–Crippen MR) is 90.4 cm³/mol. The average molecular weight is 431 g/mol. The van der Waals surface area contributed by atoms with Gasteiger partial charge in [0.2, 0.25) is 5.91 Å². The Kier molecular flexibility index (Phi) is 6.36. The van der Waals surface area contributed by atoms with E-state index in [1.54, 1.807) is 12.1 Å². The molecule has 5 nitrogen and oxygen atoms in total. The van der Waals surface area contributed by atoms with Crippen LogP contribution in [0.15, 0.2) is 47.2 Å². The second-order valence-corrected chi connectivity index (χ2v) is 6.24. The number of hydrogen-bond donors (Lipinski definition) is 2. The van der Waals surface area contributed by atoms with Crippen LogP contribution >= 0.6 is 15.9 Å². The second-order valence-electron chi connectivity index (χ2n) is 5.49. The van der Waals surface area contributed by atoms with Crippen LogP contribution in [0.4, 0.5) is 13.2 Å². The third-order valence-corrected chi connectivity index (χ3v) is 4.23. The molecule has 0 aliphatic carbocycles. The first-order valence-electron chi connectivity index (χ1n) is 7.44. The Labute approximate surface area is 155 Å². The Bertz CT molecular complexity index is 812. The van der Waals surface area contributed by atoms with Crippen molar-refractivity contribution in [3.05, 3.63) is 63.9 Å². The van der Waals surface area contributed by atoms with Gasteiger partial charge in [0, 0.05) is 12.6 Å². The number of carbonyl (C=O) groups is 2. The lowest BCUT2D eigenvalue weighted by Crippen LogP contribution is -2.43. The Balaban J connectivity index is 2.07. The van der Waals surface area contributed by atoms with Crippen molar-refractivity contribution in [3.63, 3.8) is 0 Å². The van der Waals surface area contributed by atoms with Crippen molar-refractivity contribution in [2.75, 3.05) is 0 Å². The number of benzene rings is 1. The summed E-state index contributed by atoms with van der Waals surface area (Å²) in [7, 11) is 0. The zero-order chi connectivity index (χ0) is 19.3. The molecule has 2 aromatic rings. The van der Waals surface area contributed by atoms with Gasteiger partial charge in [0.25, 0.3) is 0 Å². The van der Waals surface area contributed by atoms with Crippen LogP contribution in [0.25, 0.3) is 0 Å². The lowest BCUT2D eigenvalue weighted by molar-refractivity contribution is -0.141. The van der Waals surface area contributed by atoms with Gasteiger partial charge >= 0.3 is 12.1 Å². The van der Waals surface area contributed by atoms with Crippen molar-refractivity contribution in [1.29, 1.82) is 0 Å². The number of carbonyl (C=O) groups excluding carboxylic acids is 1. The number of hydrogen-bond acceptors (Lipinski definition) is 3. The smallest absolute Gasteiger partial charge is 0.416 e. The molecule has 1 aromatic carbocycles. The molecule has 0 aliphatic heterocycles. The summed E-state index contributed by atoms with van der Waals surface area (Å²) in [5.74, 6) is -1.94. The van der Waals surface area contributed by atoms with Gasteiger partial charge in [0.05, 0.1) is 12.0 Å². The van der Waals surface area contributed by atoms with Crippen molar-refractivity contribution < 1.29 is 27.9 Å². The highest BCUT2D eigenvalue weighted by Gasteiger charge is 2.30. The molecule has 0 radical (unpaired) electrons. The monoisotopic (exact) mass is 430 g/mol. The molecule has 0 aliphatic rings. The molecule has 1 aromatic heterocycles. The predicted octanol–water partition coefficient (Wildman–Crippen LogP) is 3.22. The van der Waals surface area contributed by atoms with Gasteiger partial charge in [-0.3, -0.25) is 4.79 Å². The summed E-state index contributed by atoms with van der Waals surface area (Å²) < 4.78 is 38.6. The van der Waals surface area contributed by atoms with Crippen molar-refractivity contribution in [2.24, 2.45) is 0 Å². The average Bonchev–Trinajstić information content (AvgIpc) is 2.55. The van der Waals surface area contributed by atoms with Gasteiger partial charge in [-0.25, -0.2) is 9.78 Å². The number of aliphatic carboxylic acids is 1. The highest BCUT2D eigenvalue weighted by molar-refractivity contribution is 9.10. The van der Waals surface area contributed by atoms with E-state index in [4.69, 9.17) is 0 Å². The molecular formula is C17H14BrF3N2O3. The largest absolute Gasteiger partial charge is 0.480 e. The summed E-state index contributed by atoms with van der Waals surface area (Å²) in [6.45, 7) is 0. The molecule has 0 unspecified atom stereocenters. The molecule has 0 bridgehead atoms. The minimum absolute atomic E-state index is 0.0158. The van der Waals surface area contributed by atoms with Gasteiger partial charge in [-0.15, -0.1) is 0 Å². The molecule has 0 spiro atoms. The van der Waals surface area contributed by atoms with E-state index < -0.39 is 29.7 Å². The Hall–Kier alpha value is -2.42. The Morgan fingerprint density at radius 2 is 1.96 bits per heavy atom. The fourth-order valence-electron chi connectivity index (χ4n) is 2.28. The molecule has 1 amide bonds. The van der Waals surface area contributed by atoms with E-state index in [2.05, 4.69) is 26.2 Å². The molecule has 138 valence electrons. The first-order chi connectivity index (χ1) is 12.2. The van der Waals surface area contributed by atoms with Gasteiger partial charge in [-0.05, 0) is 39.2 Å². The van der Waals surface area contributed by atoms with E-state index in [1.165, 1.54) is 18.3 Å². The maximum atomic E-state index is 12.7. The van der Waals surface area contributed by atoms with Crippen LogP contribution in [0, 0.1) is 0 Å². The quantitative estimate of drug-likeness (QED) is 0.689. The number of halogens is 4. The van der Waals surface area contributed by atoms with E-state index in [1.807, 2.05) is 0 Å². The number of alkyl halides is 3. The number of amides is 1. The number of rotatable bonds is 6. The second kappa shape index (κ2) is 8.31. The molecule has 0 saturated carbocycles. The van der Waals surface area contributed by atoms with E-state index in [0.29, 0.717) is 10.2 Å². The normalized spacial score (nSPS) is 12.5. The summed E-state index contributed by atoms with van der Waals surface area (Å²) in [6, 6.07) is 6.41. The molecule has 0 fully saturated rings. The summed E-state index contributed by atoms with van der Waals surface area (Å²) >= 11 is 3.20. The summed E-state index contributed by atoms with van der Waals surface area (Å²) in [5, 5.41) is 11.6. The topological polar surface area (TPSA) is 79.3 Å². The highest BCUT2D eigenvalue weighted by Crippen LogP contribution is 2.29. The van der Waals surface area contributed by atoms with Crippen LogP contribution in [0.2, 0.25) is 0 Å². The van der Waals surface area contributed by atoms with Gasteiger partial charge < -0.3 is 10.4 Å². The molecule has 9 heteroatoms. The maximum Gasteiger partial charge on any atom is 0.416 e. The highest BCUT2D eigenvalue weighted by atomic mass is 79.9.